The number of nitrogens with zero attached hydrogens (tertiary/aromatic N) is 1. The summed E-state index contributed by atoms with van der Waals surface area (Å²) in [6.45, 7) is 0.492. The van der Waals surface area contributed by atoms with Crippen molar-refractivity contribution >= 4 is 11.6 Å². The Bertz CT molecular complexity index is 496. The maximum Gasteiger partial charge on any atom is 0.274 e. The first kappa shape index (κ1) is 17.1. The summed E-state index contributed by atoms with van der Waals surface area (Å²) in [5.74, 6) is 1.14. The number of benzene rings is 1. The summed E-state index contributed by atoms with van der Waals surface area (Å²) >= 11 is 5.52. The fraction of sp³-hybridized carbons (Fsp3) is 0.385. The van der Waals surface area contributed by atoms with Crippen molar-refractivity contribution in [3.05, 3.63) is 52.0 Å². The van der Waals surface area contributed by atoms with Gasteiger partial charge in [0.05, 0.1) is 18.1 Å². The first-order valence-electron chi connectivity index (χ1n) is 6.28. The van der Waals surface area contributed by atoms with Gasteiger partial charge in [0.2, 0.25) is 0 Å². The van der Waals surface area contributed by atoms with Crippen molar-refractivity contribution in [3.63, 3.8) is 0 Å². The number of halogens is 1. The van der Waals surface area contributed by atoms with Crippen LogP contribution in [-0.4, -0.2) is 36.1 Å². The Hall–Kier alpha value is -1.99. The molecule has 1 atom stereocenters. The van der Waals surface area contributed by atoms with Crippen LogP contribution in [0, 0.1) is 10.1 Å². The summed E-state index contributed by atoms with van der Waals surface area (Å²) in [6.07, 6.45) is -0.0294. The lowest BCUT2D eigenvalue weighted by Gasteiger charge is -2.15. The van der Waals surface area contributed by atoms with E-state index in [1.807, 2.05) is 0 Å². The van der Waals surface area contributed by atoms with E-state index < -0.39 is 11.0 Å². The van der Waals surface area contributed by atoms with Crippen LogP contribution in [0.25, 0.3) is 0 Å². The van der Waals surface area contributed by atoms with E-state index in [1.54, 1.807) is 24.3 Å². The molecular formula is C13H18ClN3O4. The smallest absolute Gasteiger partial charge is 0.274 e. The van der Waals surface area contributed by atoms with E-state index >= 15 is 0 Å². The molecule has 3 N–H and O–H groups in total. The molecule has 1 rings (SSSR count). The zero-order valence-corrected chi connectivity index (χ0v) is 12.3. The summed E-state index contributed by atoms with van der Waals surface area (Å²) in [6, 6.07) is 6.98. The van der Waals surface area contributed by atoms with E-state index in [9.17, 15) is 15.2 Å². The Morgan fingerprint density at radius 2 is 2.33 bits per heavy atom. The molecule has 0 saturated heterocycles. The van der Waals surface area contributed by atoms with Crippen LogP contribution in [0.2, 0.25) is 0 Å². The van der Waals surface area contributed by atoms with Gasteiger partial charge in [0, 0.05) is 19.0 Å². The van der Waals surface area contributed by atoms with E-state index in [2.05, 4.69) is 10.6 Å². The molecule has 0 radical (unpaired) electrons. The van der Waals surface area contributed by atoms with Crippen LogP contribution in [0.1, 0.15) is 11.7 Å². The topological polar surface area (TPSA) is 96.7 Å². The third-order valence-electron chi connectivity index (χ3n) is 2.61. The summed E-state index contributed by atoms with van der Waals surface area (Å²) in [5.41, 5.74) is 0.652. The van der Waals surface area contributed by atoms with Crippen molar-refractivity contribution in [1.82, 2.24) is 10.6 Å². The van der Waals surface area contributed by atoms with Crippen LogP contribution in [0.5, 0.6) is 5.75 Å². The lowest BCUT2D eigenvalue weighted by molar-refractivity contribution is -0.404. The molecule has 1 unspecified atom stereocenters. The molecule has 1 aromatic carbocycles. The number of alkyl halides is 1. The Labute approximate surface area is 127 Å². The first-order valence-corrected chi connectivity index (χ1v) is 6.81. The van der Waals surface area contributed by atoms with E-state index in [-0.39, 0.29) is 12.4 Å². The third-order valence-corrected chi connectivity index (χ3v) is 2.80. The van der Waals surface area contributed by atoms with Crippen molar-refractivity contribution in [2.24, 2.45) is 0 Å². The highest BCUT2D eigenvalue weighted by Crippen LogP contribution is 2.18. The highest BCUT2D eigenvalue weighted by atomic mass is 35.5. The standard InChI is InChI=1S/C13H18ClN3O4/c1-21-11-4-2-3-10(7-11)12(18)8-16-13(9-17(19)20)15-6-5-14/h2-4,7,9,12,15-16,18H,5-6,8H2,1H3/b13-9+. The van der Waals surface area contributed by atoms with Gasteiger partial charge in [0.25, 0.3) is 6.20 Å². The molecule has 0 aliphatic carbocycles. The summed E-state index contributed by atoms with van der Waals surface area (Å²) in [7, 11) is 1.54. The Kier molecular flexibility index (Phi) is 7.34. The molecule has 0 heterocycles. The highest BCUT2D eigenvalue weighted by molar-refractivity contribution is 6.18. The fourth-order valence-electron chi connectivity index (χ4n) is 1.61. The van der Waals surface area contributed by atoms with Crippen molar-refractivity contribution in [3.8, 4) is 5.75 Å². The number of methoxy groups -OCH3 is 1. The monoisotopic (exact) mass is 315 g/mol. The number of nitro groups is 1. The lowest BCUT2D eigenvalue weighted by Crippen LogP contribution is -2.31. The minimum atomic E-state index is -0.826. The molecule has 0 aliphatic heterocycles. The highest BCUT2D eigenvalue weighted by Gasteiger charge is 2.10. The van der Waals surface area contributed by atoms with Crippen LogP contribution < -0.4 is 15.4 Å². The predicted molar refractivity (Wildman–Crippen MR) is 79.8 cm³/mol. The van der Waals surface area contributed by atoms with Crippen molar-refractivity contribution < 1.29 is 14.8 Å². The second-order valence-corrected chi connectivity index (χ2v) is 4.50. The van der Waals surface area contributed by atoms with Crippen molar-refractivity contribution in [2.45, 2.75) is 6.10 Å². The number of nitrogens with one attached hydrogen (secondary N) is 2. The molecule has 1 aromatic rings. The Morgan fingerprint density at radius 1 is 1.57 bits per heavy atom. The van der Waals surface area contributed by atoms with Gasteiger partial charge in [0.1, 0.15) is 5.75 Å². The Morgan fingerprint density at radius 3 is 2.95 bits per heavy atom. The van der Waals surface area contributed by atoms with Gasteiger partial charge in [-0.1, -0.05) is 12.1 Å². The number of hydrogen-bond acceptors (Lipinski definition) is 6. The van der Waals surface area contributed by atoms with Gasteiger partial charge in [-0.2, -0.15) is 0 Å². The zero-order chi connectivity index (χ0) is 15.7. The summed E-state index contributed by atoms with van der Waals surface area (Å²) < 4.78 is 5.08. The molecule has 0 saturated carbocycles. The minimum Gasteiger partial charge on any atom is -0.497 e. The van der Waals surface area contributed by atoms with Crippen LogP contribution in [0.15, 0.2) is 36.3 Å². The van der Waals surface area contributed by atoms with E-state index in [1.165, 1.54) is 7.11 Å². The quantitative estimate of drug-likeness (QED) is 0.360. The molecule has 8 heteroatoms. The van der Waals surface area contributed by atoms with E-state index in [0.29, 0.717) is 23.7 Å². The van der Waals surface area contributed by atoms with Crippen molar-refractivity contribution in [2.75, 3.05) is 26.1 Å². The minimum absolute atomic E-state index is 0.113. The average Bonchev–Trinajstić information content (AvgIpc) is 2.49. The van der Waals surface area contributed by atoms with E-state index in [4.69, 9.17) is 16.3 Å². The van der Waals surface area contributed by atoms with Gasteiger partial charge in [-0.15, -0.1) is 11.6 Å². The maximum atomic E-state index is 10.5. The number of aliphatic hydroxyl groups is 1. The molecule has 116 valence electrons. The van der Waals surface area contributed by atoms with Crippen LogP contribution in [0.4, 0.5) is 0 Å². The third kappa shape index (κ3) is 6.33. The second kappa shape index (κ2) is 9.04. The normalized spacial score (nSPS) is 12.6. The molecule has 0 fully saturated rings. The van der Waals surface area contributed by atoms with Gasteiger partial charge in [0.15, 0.2) is 5.82 Å². The largest absolute Gasteiger partial charge is 0.497 e. The predicted octanol–water partition coefficient (Wildman–Crippen LogP) is 1.22. The lowest BCUT2D eigenvalue weighted by atomic mass is 10.1. The molecule has 0 bridgehead atoms. The molecular weight excluding hydrogens is 298 g/mol. The SMILES string of the molecule is COc1cccc(C(O)CN/C(=C/[N+](=O)[O-])NCCCl)c1. The van der Waals surface area contributed by atoms with E-state index in [0.717, 1.165) is 6.20 Å². The number of rotatable bonds is 9. The van der Waals surface area contributed by atoms with Crippen LogP contribution in [-0.2, 0) is 0 Å². The maximum absolute atomic E-state index is 10.5. The summed E-state index contributed by atoms with van der Waals surface area (Å²) in [4.78, 5) is 9.93. The molecule has 7 nitrogen and oxygen atoms in total. The number of ether oxygens (including phenoxy) is 1. The van der Waals surface area contributed by atoms with Gasteiger partial charge >= 0.3 is 0 Å². The molecule has 0 aromatic heterocycles. The van der Waals surface area contributed by atoms with Gasteiger partial charge in [-0.05, 0) is 17.7 Å². The van der Waals surface area contributed by atoms with Crippen molar-refractivity contribution in [1.29, 1.82) is 0 Å². The first-order chi connectivity index (χ1) is 10.1. The summed E-state index contributed by atoms with van der Waals surface area (Å²) in [5, 5.41) is 26.1. The number of hydrogen-bond donors (Lipinski definition) is 3. The number of aliphatic hydroxyl groups excluding tert-OH is 1. The van der Waals surface area contributed by atoms with Crippen LogP contribution >= 0.6 is 11.6 Å². The molecule has 0 amide bonds. The fourth-order valence-corrected chi connectivity index (χ4v) is 1.71. The van der Waals surface area contributed by atoms with Crippen LogP contribution in [0.3, 0.4) is 0 Å². The Balaban J connectivity index is 2.63. The van der Waals surface area contributed by atoms with Gasteiger partial charge < -0.3 is 20.5 Å². The second-order valence-electron chi connectivity index (χ2n) is 4.12. The molecule has 0 aliphatic rings. The van der Waals surface area contributed by atoms with Gasteiger partial charge in [-0.3, -0.25) is 10.1 Å². The zero-order valence-electron chi connectivity index (χ0n) is 11.6. The average molecular weight is 316 g/mol. The molecule has 21 heavy (non-hydrogen) atoms. The molecule has 0 spiro atoms. The van der Waals surface area contributed by atoms with Gasteiger partial charge in [-0.25, -0.2) is 0 Å².